The van der Waals surface area contributed by atoms with E-state index in [0.29, 0.717) is 24.3 Å². The SMILES string of the molecule is CCCNC(=O)c1cccc(N2CCCN(C3CCN(C(C)C)CC3)CC2)n1. The third kappa shape index (κ3) is 5.45. The van der Waals surface area contributed by atoms with Gasteiger partial charge >= 0.3 is 0 Å². The number of nitrogens with zero attached hydrogens (tertiary/aromatic N) is 4. The third-order valence-electron chi connectivity index (χ3n) is 6.10. The lowest BCUT2D eigenvalue weighted by molar-refractivity contribution is 0.0948. The molecule has 28 heavy (non-hydrogen) atoms. The maximum Gasteiger partial charge on any atom is 0.269 e. The molecule has 1 amide bonds. The van der Waals surface area contributed by atoms with E-state index < -0.39 is 0 Å². The summed E-state index contributed by atoms with van der Waals surface area (Å²) in [7, 11) is 0. The zero-order valence-electron chi connectivity index (χ0n) is 17.9. The number of piperidine rings is 1. The van der Waals surface area contributed by atoms with Crippen molar-refractivity contribution >= 4 is 11.7 Å². The first-order valence-corrected chi connectivity index (χ1v) is 11.1. The van der Waals surface area contributed by atoms with Crippen molar-refractivity contribution in [2.45, 2.75) is 58.5 Å². The van der Waals surface area contributed by atoms with E-state index in [0.717, 1.165) is 38.3 Å². The van der Waals surface area contributed by atoms with E-state index in [9.17, 15) is 4.79 Å². The lowest BCUT2D eigenvalue weighted by atomic mass is 10.0. The molecule has 3 heterocycles. The fourth-order valence-corrected chi connectivity index (χ4v) is 4.35. The van der Waals surface area contributed by atoms with Crippen molar-refractivity contribution in [3.8, 4) is 0 Å². The monoisotopic (exact) mass is 387 g/mol. The van der Waals surface area contributed by atoms with E-state index >= 15 is 0 Å². The van der Waals surface area contributed by atoms with Gasteiger partial charge in [0.05, 0.1) is 0 Å². The molecule has 1 aromatic rings. The summed E-state index contributed by atoms with van der Waals surface area (Å²) in [6, 6.07) is 7.17. The summed E-state index contributed by atoms with van der Waals surface area (Å²) < 4.78 is 0. The number of hydrogen-bond donors (Lipinski definition) is 1. The first-order chi connectivity index (χ1) is 13.6. The average molecular weight is 388 g/mol. The molecule has 0 unspecified atom stereocenters. The standard InChI is InChI=1S/C22H37N5O/c1-4-11-23-22(28)20-7-5-8-21(24-20)27-13-6-12-26(16-17-27)19-9-14-25(15-10-19)18(2)3/h5,7-8,18-19H,4,6,9-17H2,1-3H3,(H,23,28). The molecule has 2 aliphatic heterocycles. The number of pyridine rings is 1. The van der Waals surface area contributed by atoms with E-state index in [1.54, 1.807) is 6.07 Å². The minimum Gasteiger partial charge on any atom is -0.355 e. The summed E-state index contributed by atoms with van der Waals surface area (Å²) in [6.45, 7) is 14.0. The van der Waals surface area contributed by atoms with E-state index in [-0.39, 0.29) is 5.91 Å². The Morgan fingerprint density at radius 1 is 1.14 bits per heavy atom. The van der Waals surface area contributed by atoms with E-state index in [4.69, 9.17) is 0 Å². The van der Waals surface area contributed by atoms with Crippen LogP contribution in [0.1, 0.15) is 56.9 Å². The lowest BCUT2D eigenvalue weighted by Gasteiger charge is -2.39. The summed E-state index contributed by atoms with van der Waals surface area (Å²) in [5.74, 6) is 0.859. The Labute approximate surface area is 170 Å². The van der Waals surface area contributed by atoms with Crippen molar-refractivity contribution < 1.29 is 4.79 Å². The Balaban J connectivity index is 1.56. The van der Waals surface area contributed by atoms with Gasteiger partial charge in [0, 0.05) is 44.8 Å². The number of likely N-dealkylation sites (tertiary alicyclic amines) is 1. The van der Waals surface area contributed by atoms with Crippen molar-refractivity contribution in [1.82, 2.24) is 20.1 Å². The number of anilines is 1. The fourth-order valence-electron chi connectivity index (χ4n) is 4.35. The van der Waals surface area contributed by atoms with Crippen molar-refractivity contribution in [3.63, 3.8) is 0 Å². The summed E-state index contributed by atoms with van der Waals surface area (Å²) in [4.78, 5) is 24.5. The summed E-state index contributed by atoms with van der Waals surface area (Å²) in [5.41, 5.74) is 0.521. The highest BCUT2D eigenvalue weighted by Gasteiger charge is 2.27. The Kier molecular flexibility index (Phi) is 7.68. The minimum absolute atomic E-state index is 0.0722. The van der Waals surface area contributed by atoms with Gasteiger partial charge in [0.2, 0.25) is 0 Å². The normalized spacial score (nSPS) is 20.4. The molecule has 0 bridgehead atoms. The summed E-state index contributed by atoms with van der Waals surface area (Å²) >= 11 is 0. The van der Waals surface area contributed by atoms with Crippen LogP contribution in [0.4, 0.5) is 5.82 Å². The van der Waals surface area contributed by atoms with Crippen LogP contribution < -0.4 is 10.2 Å². The molecule has 1 N–H and O–H groups in total. The first kappa shape index (κ1) is 21.1. The fraction of sp³-hybridized carbons (Fsp3) is 0.727. The largest absolute Gasteiger partial charge is 0.355 e. The second-order valence-electron chi connectivity index (χ2n) is 8.37. The molecule has 0 atom stereocenters. The Morgan fingerprint density at radius 3 is 2.64 bits per heavy atom. The summed E-state index contributed by atoms with van der Waals surface area (Å²) in [5, 5.41) is 2.92. The maximum absolute atomic E-state index is 12.2. The Bertz CT molecular complexity index is 627. The van der Waals surface area contributed by atoms with Crippen LogP contribution in [-0.2, 0) is 0 Å². The van der Waals surface area contributed by atoms with Crippen LogP contribution in [0.5, 0.6) is 0 Å². The van der Waals surface area contributed by atoms with Crippen molar-refractivity contribution in [2.75, 3.05) is 50.7 Å². The smallest absolute Gasteiger partial charge is 0.269 e. The van der Waals surface area contributed by atoms with Crippen LogP contribution in [0.15, 0.2) is 18.2 Å². The second-order valence-corrected chi connectivity index (χ2v) is 8.37. The first-order valence-electron chi connectivity index (χ1n) is 11.1. The van der Waals surface area contributed by atoms with Gasteiger partial charge < -0.3 is 15.1 Å². The molecule has 0 aromatic carbocycles. The minimum atomic E-state index is -0.0722. The Morgan fingerprint density at radius 2 is 1.93 bits per heavy atom. The number of hydrogen-bond acceptors (Lipinski definition) is 5. The molecule has 3 rings (SSSR count). The number of rotatable bonds is 6. The van der Waals surface area contributed by atoms with Crippen LogP contribution in [0.3, 0.4) is 0 Å². The van der Waals surface area contributed by atoms with Gasteiger partial charge in [-0.1, -0.05) is 13.0 Å². The summed E-state index contributed by atoms with van der Waals surface area (Å²) in [6.07, 6.45) is 4.65. The molecule has 0 radical (unpaired) electrons. The number of amides is 1. The van der Waals surface area contributed by atoms with Crippen molar-refractivity contribution in [1.29, 1.82) is 0 Å². The van der Waals surface area contributed by atoms with Crippen LogP contribution >= 0.6 is 0 Å². The van der Waals surface area contributed by atoms with Crippen molar-refractivity contribution in [2.24, 2.45) is 0 Å². The zero-order valence-corrected chi connectivity index (χ0v) is 17.9. The quantitative estimate of drug-likeness (QED) is 0.813. The molecule has 0 aliphatic carbocycles. The average Bonchev–Trinajstić information content (AvgIpc) is 2.98. The van der Waals surface area contributed by atoms with Gasteiger partial charge in [0.25, 0.3) is 5.91 Å². The van der Waals surface area contributed by atoms with E-state index in [1.165, 1.54) is 32.5 Å². The van der Waals surface area contributed by atoms with Gasteiger partial charge in [-0.15, -0.1) is 0 Å². The molecule has 1 aromatic heterocycles. The van der Waals surface area contributed by atoms with E-state index in [1.807, 2.05) is 12.1 Å². The lowest BCUT2D eigenvalue weighted by Crippen LogP contribution is -2.47. The molecule has 0 spiro atoms. The molecule has 2 fully saturated rings. The molecule has 156 valence electrons. The predicted octanol–water partition coefficient (Wildman–Crippen LogP) is 2.61. The van der Waals surface area contributed by atoms with Gasteiger partial charge in [-0.2, -0.15) is 0 Å². The van der Waals surface area contributed by atoms with Gasteiger partial charge in [-0.3, -0.25) is 9.69 Å². The van der Waals surface area contributed by atoms with Crippen LogP contribution in [0.2, 0.25) is 0 Å². The Hall–Kier alpha value is -1.66. The molecule has 6 nitrogen and oxygen atoms in total. The van der Waals surface area contributed by atoms with Gasteiger partial charge in [-0.05, 0) is 64.8 Å². The number of nitrogens with one attached hydrogen (secondary N) is 1. The molecular weight excluding hydrogens is 350 g/mol. The molecular formula is C22H37N5O. The highest BCUT2D eigenvalue weighted by molar-refractivity contribution is 5.92. The molecule has 6 heteroatoms. The van der Waals surface area contributed by atoms with Crippen molar-refractivity contribution in [3.05, 3.63) is 23.9 Å². The van der Waals surface area contributed by atoms with E-state index in [2.05, 4.69) is 45.8 Å². The highest BCUT2D eigenvalue weighted by Crippen LogP contribution is 2.21. The van der Waals surface area contributed by atoms with Crippen LogP contribution in [0.25, 0.3) is 0 Å². The van der Waals surface area contributed by atoms with Crippen LogP contribution in [0, 0.1) is 0 Å². The second kappa shape index (κ2) is 10.2. The van der Waals surface area contributed by atoms with Gasteiger partial charge in [-0.25, -0.2) is 4.98 Å². The number of carbonyl (C=O) groups is 1. The zero-order chi connectivity index (χ0) is 19.9. The highest BCUT2D eigenvalue weighted by atomic mass is 16.1. The molecule has 0 saturated carbocycles. The molecule has 2 aliphatic rings. The number of carbonyl (C=O) groups excluding carboxylic acids is 1. The van der Waals surface area contributed by atoms with Crippen LogP contribution in [-0.4, -0.2) is 78.6 Å². The topological polar surface area (TPSA) is 51.7 Å². The van der Waals surface area contributed by atoms with Gasteiger partial charge in [0.1, 0.15) is 11.5 Å². The predicted molar refractivity (Wildman–Crippen MR) is 115 cm³/mol. The maximum atomic E-state index is 12.2. The molecule has 2 saturated heterocycles. The van der Waals surface area contributed by atoms with Gasteiger partial charge in [0.15, 0.2) is 0 Å². The number of aromatic nitrogens is 1. The third-order valence-corrected chi connectivity index (χ3v) is 6.10.